The highest BCUT2D eigenvalue weighted by Crippen LogP contribution is 2.18. The zero-order chi connectivity index (χ0) is 9.30. The first-order chi connectivity index (χ1) is 5.57. The maximum Gasteiger partial charge on any atom is 0.173 e. The number of rotatable bonds is 1. The number of hydrogen-bond acceptors (Lipinski definition) is 5. The molecule has 0 aliphatic carbocycles. The second-order valence-corrected chi connectivity index (χ2v) is 3.03. The summed E-state index contributed by atoms with van der Waals surface area (Å²) in [5, 5.41) is 30.7. The van der Waals surface area contributed by atoms with Crippen molar-refractivity contribution in [2.75, 3.05) is 7.05 Å². The van der Waals surface area contributed by atoms with E-state index in [1.54, 1.807) is 14.0 Å². The lowest BCUT2D eigenvalue weighted by Crippen LogP contribution is -2.61. The standard InChI is InChI=1S/C7H15NO4/c1-3-5(9)6(10)4(8-2)7(11)12-3/h3-11H,1-2H3/t3?,4?,5-,6+,7?/m0/s1. The summed E-state index contributed by atoms with van der Waals surface area (Å²) in [7, 11) is 1.59. The molecule has 4 N–H and O–H groups in total. The lowest BCUT2D eigenvalue weighted by Gasteiger charge is -2.39. The van der Waals surface area contributed by atoms with E-state index in [-0.39, 0.29) is 0 Å². The fraction of sp³-hybridized carbons (Fsp3) is 1.00. The molecule has 0 saturated carbocycles. The van der Waals surface area contributed by atoms with Crippen molar-refractivity contribution in [3.05, 3.63) is 0 Å². The van der Waals surface area contributed by atoms with Crippen LogP contribution >= 0.6 is 0 Å². The lowest BCUT2D eigenvalue weighted by atomic mass is 9.98. The van der Waals surface area contributed by atoms with E-state index in [2.05, 4.69) is 5.32 Å². The summed E-state index contributed by atoms with van der Waals surface area (Å²) < 4.78 is 4.96. The summed E-state index contributed by atoms with van der Waals surface area (Å²) in [6.07, 6.45) is -3.55. The average Bonchev–Trinajstić information content (AvgIpc) is 2.01. The first kappa shape index (κ1) is 9.88. The Morgan fingerprint density at radius 1 is 1.17 bits per heavy atom. The fourth-order valence-corrected chi connectivity index (χ4v) is 1.36. The number of ether oxygens (including phenoxy) is 1. The summed E-state index contributed by atoms with van der Waals surface area (Å²) >= 11 is 0. The Balaban J connectivity index is 2.65. The molecule has 3 unspecified atom stereocenters. The summed E-state index contributed by atoms with van der Waals surface area (Å²) in [6.45, 7) is 1.60. The Morgan fingerprint density at radius 3 is 2.25 bits per heavy atom. The van der Waals surface area contributed by atoms with Gasteiger partial charge in [0.15, 0.2) is 6.29 Å². The Hall–Kier alpha value is -0.200. The van der Waals surface area contributed by atoms with E-state index in [9.17, 15) is 15.3 Å². The second-order valence-electron chi connectivity index (χ2n) is 3.03. The predicted octanol–water partition coefficient (Wildman–Crippen LogP) is -1.97. The molecule has 1 saturated heterocycles. The van der Waals surface area contributed by atoms with Crippen LogP contribution in [0.2, 0.25) is 0 Å². The topological polar surface area (TPSA) is 82.0 Å². The summed E-state index contributed by atoms with van der Waals surface area (Å²) in [4.78, 5) is 0. The third kappa shape index (κ3) is 1.60. The zero-order valence-electron chi connectivity index (χ0n) is 7.14. The molecule has 1 rings (SSSR count). The van der Waals surface area contributed by atoms with E-state index >= 15 is 0 Å². The first-order valence-electron chi connectivity index (χ1n) is 3.95. The van der Waals surface area contributed by atoms with Crippen molar-refractivity contribution in [1.82, 2.24) is 5.32 Å². The fourth-order valence-electron chi connectivity index (χ4n) is 1.36. The Bertz CT molecular complexity index is 154. The molecular formula is C7H15NO4. The normalized spacial score (nSPS) is 49.2. The minimum atomic E-state index is -1.07. The quantitative estimate of drug-likeness (QED) is 0.373. The van der Waals surface area contributed by atoms with Gasteiger partial charge in [-0.05, 0) is 14.0 Å². The van der Waals surface area contributed by atoms with Gasteiger partial charge < -0.3 is 25.4 Å². The molecule has 0 aromatic heterocycles. The highest BCUT2D eigenvalue weighted by Gasteiger charge is 2.40. The van der Waals surface area contributed by atoms with Crippen LogP contribution in [0.25, 0.3) is 0 Å². The number of aliphatic hydroxyl groups is 3. The Morgan fingerprint density at radius 2 is 1.75 bits per heavy atom. The van der Waals surface area contributed by atoms with Crippen molar-refractivity contribution in [2.24, 2.45) is 0 Å². The third-order valence-corrected chi connectivity index (χ3v) is 2.19. The van der Waals surface area contributed by atoms with Gasteiger partial charge in [-0.25, -0.2) is 0 Å². The van der Waals surface area contributed by atoms with Gasteiger partial charge in [-0.3, -0.25) is 0 Å². The molecule has 0 bridgehead atoms. The maximum absolute atomic E-state index is 9.43. The van der Waals surface area contributed by atoms with Gasteiger partial charge >= 0.3 is 0 Å². The minimum Gasteiger partial charge on any atom is -0.388 e. The van der Waals surface area contributed by atoms with Gasteiger partial charge in [-0.1, -0.05) is 0 Å². The molecule has 0 aromatic rings. The summed E-state index contributed by atoms with van der Waals surface area (Å²) in [6, 6.07) is -0.629. The molecule has 1 fully saturated rings. The summed E-state index contributed by atoms with van der Waals surface area (Å²) in [5.41, 5.74) is 0. The van der Waals surface area contributed by atoms with Gasteiger partial charge in [-0.15, -0.1) is 0 Å². The molecule has 0 amide bonds. The van der Waals surface area contributed by atoms with E-state index in [1.165, 1.54) is 0 Å². The van der Waals surface area contributed by atoms with Gasteiger partial charge in [0.05, 0.1) is 12.1 Å². The van der Waals surface area contributed by atoms with E-state index in [1.807, 2.05) is 0 Å². The third-order valence-electron chi connectivity index (χ3n) is 2.19. The first-order valence-corrected chi connectivity index (χ1v) is 3.95. The largest absolute Gasteiger partial charge is 0.388 e. The Kier molecular flexibility index (Phi) is 3.03. The van der Waals surface area contributed by atoms with Crippen LogP contribution in [0.5, 0.6) is 0 Å². The van der Waals surface area contributed by atoms with Crippen LogP contribution in [0.3, 0.4) is 0 Å². The van der Waals surface area contributed by atoms with Crippen molar-refractivity contribution in [3.8, 4) is 0 Å². The predicted molar refractivity (Wildman–Crippen MR) is 41.4 cm³/mol. The van der Waals surface area contributed by atoms with Crippen molar-refractivity contribution >= 4 is 0 Å². The number of hydrogen-bond donors (Lipinski definition) is 4. The molecule has 1 aliphatic rings. The van der Waals surface area contributed by atoms with Gasteiger partial charge in [0.1, 0.15) is 12.2 Å². The van der Waals surface area contributed by atoms with Crippen LogP contribution < -0.4 is 5.32 Å². The molecule has 12 heavy (non-hydrogen) atoms. The SMILES string of the molecule is CNC1C(O)OC(C)[C@H](O)[C@@H]1O. The number of aliphatic hydroxyl groups excluding tert-OH is 3. The van der Waals surface area contributed by atoms with Crippen molar-refractivity contribution < 1.29 is 20.1 Å². The van der Waals surface area contributed by atoms with E-state index in [0.29, 0.717) is 0 Å². The monoisotopic (exact) mass is 177 g/mol. The molecule has 0 spiro atoms. The molecule has 0 radical (unpaired) electrons. The van der Waals surface area contributed by atoms with E-state index in [4.69, 9.17) is 4.74 Å². The molecule has 5 nitrogen and oxygen atoms in total. The van der Waals surface area contributed by atoms with Crippen LogP contribution in [-0.2, 0) is 4.74 Å². The molecule has 5 heteroatoms. The van der Waals surface area contributed by atoms with Crippen molar-refractivity contribution in [1.29, 1.82) is 0 Å². The number of nitrogens with one attached hydrogen (secondary N) is 1. The zero-order valence-corrected chi connectivity index (χ0v) is 7.14. The lowest BCUT2D eigenvalue weighted by molar-refractivity contribution is -0.242. The van der Waals surface area contributed by atoms with Gasteiger partial charge in [-0.2, -0.15) is 0 Å². The van der Waals surface area contributed by atoms with E-state index < -0.39 is 30.6 Å². The second kappa shape index (κ2) is 3.68. The van der Waals surface area contributed by atoms with Crippen LogP contribution in [-0.4, -0.2) is 53.0 Å². The molecule has 0 aromatic carbocycles. The van der Waals surface area contributed by atoms with Crippen LogP contribution in [0, 0.1) is 0 Å². The Labute approximate surface area is 71.0 Å². The molecular weight excluding hydrogens is 162 g/mol. The highest BCUT2D eigenvalue weighted by atomic mass is 16.6. The van der Waals surface area contributed by atoms with Crippen molar-refractivity contribution in [2.45, 2.75) is 37.6 Å². The number of likely N-dealkylation sites (N-methyl/N-ethyl adjacent to an activating group) is 1. The average molecular weight is 177 g/mol. The van der Waals surface area contributed by atoms with Gasteiger partial charge in [0, 0.05) is 0 Å². The molecule has 72 valence electrons. The molecule has 5 atom stereocenters. The molecule has 1 heterocycles. The molecule has 1 aliphatic heterocycles. The highest BCUT2D eigenvalue weighted by molar-refractivity contribution is 4.90. The van der Waals surface area contributed by atoms with E-state index in [0.717, 1.165) is 0 Å². The maximum atomic E-state index is 9.43. The van der Waals surface area contributed by atoms with Gasteiger partial charge in [0.2, 0.25) is 0 Å². The van der Waals surface area contributed by atoms with Crippen LogP contribution in [0.15, 0.2) is 0 Å². The minimum absolute atomic E-state index is 0.542. The summed E-state index contributed by atoms with van der Waals surface area (Å²) in [5.74, 6) is 0. The van der Waals surface area contributed by atoms with Crippen LogP contribution in [0.4, 0.5) is 0 Å². The van der Waals surface area contributed by atoms with Crippen LogP contribution in [0.1, 0.15) is 6.92 Å². The van der Waals surface area contributed by atoms with Gasteiger partial charge in [0.25, 0.3) is 0 Å². The smallest absolute Gasteiger partial charge is 0.173 e. The van der Waals surface area contributed by atoms with Crippen molar-refractivity contribution in [3.63, 3.8) is 0 Å².